The molecule has 0 aliphatic rings. The number of hydrogen-bond acceptors (Lipinski definition) is 3. The number of benzene rings is 2. The van der Waals surface area contributed by atoms with Gasteiger partial charge in [0.15, 0.2) is 0 Å². The van der Waals surface area contributed by atoms with Crippen molar-refractivity contribution in [3.63, 3.8) is 0 Å². The number of para-hydroxylation sites is 1. The van der Waals surface area contributed by atoms with E-state index in [0.717, 1.165) is 28.8 Å². The molecule has 2 N–H and O–H groups in total. The smallest absolute Gasteiger partial charge is 0.272 e. The van der Waals surface area contributed by atoms with E-state index < -0.39 is 5.91 Å². The highest BCUT2D eigenvalue weighted by atomic mass is 16.3. The Morgan fingerprint density at radius 2 is 1.76 bits per heavy atom. The van der Waals surface area contributed by atoms with Gasteiger partial charge in [0.05, 0.1) is 6.26 Å². The Hall–Kier alpha value is -3.60. The summed E-state index contributed by atoms with van der Waals surface area (Å²) in [7, 11) is 0. The van der Waals surface area contributed by atoms with Crippen LogP contribution in [-0.2, 0) is 11.2 Å². The molecule has 5 heteroatoms. The van der Waals surface area contributed by atoms with Gasteiger partial charge in [0.2, 0.25) is 0 Å². The zero-order valence-electron chi connectivity index (χ0n) is 16.8. The molecule has 1 heterocycles. The Bertz CT molecular complexity index is 1030. The number of furan rings is 1. The summed E-state index contributed by atoms with van der Waals surface area (Å²) in [5, 5.41) is 5.66. The fourth-order valence-electron chi connectivity index (χ4n) is 2.96. The van der Waals surface area contributed by atoms with E-state index in [-0.39, 0.29) is 11.6 Å². The minimum Gasteiger partial charge on any atom is -0.465 e. The molecule has 0 radical (unpaired) electrons. The lowest BCUT2D eigenvalue weighted by Crippen LogP contribution is -2.31. The normalized spacial score (nSPS) is 11.2. The Balaban J connectivity index is 1.89. The minimum atomic E-state index is -0.411. The quantitative estimate of drug-likeness (QED) is 0.592. The average molecular weight is 388 g/mol. The number of amides is 2. The van der Waals surface area contributed by atoms with E-state index in [1.54, 1.807) is 24.3 Å². The number of hydrogen-bond donors (Lipinski definition) is 2. The SMILES string of the molecule is CCc1cccc(C)c1NC(=O)/C(=C/c1ccco1)NC(=O)c1ccc(C)cc1. The van der Waals surface area contributed by atoms with Crippen LogP contribution in [0.2, 0.25) is 0 Å². The first-order valence-electron chi connectivity index (χ1n) is 9.51. The van der Waals surface area contributed by atoms with Crippen molar-refractivity contribution in [1.29, 1.82) is 0 Å². The second kappa shape index (κ2) is 9.06. The van der Waals surface area contributed by atoms with Crippen LogP contribution in [0.15, 0.2) is 71.0 Å². The van der Waals surface area contributed by atoms with Crippen molar-refractivity contribution in [2.45, 2.75) is 27.2 Å². The highest BCUT2D eigenvalue weighted by molar-refractivity contribution is 6.11. The first-order chi connectivity index (χ1) is 14.0. The largest absolute Gasteiger partial charge is 0.465 e. The van der Waals surface area contributed by atoms with Crippen molar-refractivity contribution < 1.29 is 14.0 Å². The number of nitrogens with one attached hydrogen (secondary N) is 2. The van der Waals surface area contributed by atoms with E-state index >= 15 is 0 Å². The Labute approximate surface area is 170 Å². The molecule has 0 unspecified atom stereocenters. The predicted octanol–water partition coefficient (Wildman–Crippen LogP) is 4.87. The molecule has 0 atom stereocenters. The van der Waals surface area contributed by atoms with Crippen LogP contribution in [-0.4, -0.2) is 11.8 Å². The van der Waals surface area contributed by atoms with Gasteiger partial charge >= 0.3 is 0 Å². The molecule has 0 saturated carbocycles. The van der Waals surface area contributed by atoms with Crippen LogP contribution in [0.3, 0.4) is 0 Å². The molecule has 3 rings (SSSR count). The van der Waals surface area contributed by atoms with Gasteiger partial charge in [-0.25, -0.2) is 0 Å². The van der Waals surface area contributed by atoms with Gasteiger partial charge in [-0.1, -0.05) is 42.8 Å². The molecule has 0 aliphatic carbocycles. The molecule has 0 aliphatic heterocycles. The molecule has 0 spiro atoms. The Kier molecular flexibility index (Phi) is 6.29. The first-order valence-corrected chi connectivity index (χ1v) is 9.51. The summed E-state index contributed by atoms with van der Waals surface area (Å²) in [6, 6.07) is 16.5. The maximum atomic E-state index is 13.0. The monoisotopic (exact) mass is 388 g/mol. The van der Waals surface area contributed by atoms with Gasteiger partial charge in [-0.15, -0.1) is 0 Å². The van der Waals surface area contributed by atoms with Crippen LogP contribution in [0.25, 0.3) is 6.08 Å². The summed E-state index contributed by atoms with van der Waals surface area (Å²) in [5.74, 6) is -0.302. The lowest BCUT2D eigenvalue weighted by atomic mass is 10.1. The van der Waals surface area contributed by atoms with Gasteiger partial charge in [-0.3, -0.25) is 9.59 Å². The maximum absolute atomic E-state index is 13.0. The highest BCUT2D eigenvalue weighted by Crippen LogP contribution is 2.22. The number of carbonyl (C=O) groups is 2. The molecule has 0 fully saturated rings. The van der Waals surface area contributed by atoms with Crippen molar-refractivity contribution in [2.75, 3.05) is 5.32 Å². The lowest BCUT2D eigenvalue weighted by molar-refractivity contribution is -0.113. The molecule has 0 bridgehead atoms. The topological polar surface area (TPSA) is 71.3 Å². The molecular weight excluding hydrogens is 364 g/mol. The van der Waals surface area contributed by atoms with Crippen LogP contribution < -0.4 is 10.6 Å². The van der Waals surface area contributed by atoms with Crippen LogP contribution in [0.5, 0.6) is 0 Å². The maximum Gasteiger partial charge on any atom is 0.272 e. The molecule has 2 amide bonds. The fourth-order valence-corrected chi connectivity index (χ4v) is 2.96. The van der Waals surface area contributed by atoms with E-state index in [1.165, 1.54) is 12.3 Å². The summed E-state index contributed by atoms with van der Waals surface area (Å²) in [6.45, 7) is 5.92. The molecular formula is C24H24N2O3. The van der Waals surface area contributed by atoms with E-state index in [4.69, 9.17) is 4.42 Å². The Morgan fingerprint density at radius 3 is 2.41 bits per heavy atom. The molecule has 0 saturated heterocycles. The van der Waals surface area contributed by atoms with Crippen LogP contribution in [0, 0.1) is 13.8 Å². The second-order valence-electron chi connectivity index (χ2n) is 6.81. The number of carbonyl (C=O) groups excluding carboxylic acids is 2. The van der Waals surface area contributed by atoms with Crippen molar-refractivity contribution in [3.05, 3.63) is 94.6 Å². The summed E-state index contributed by atoms with van der Waals surface area (Å²) in [4.78, 5) is 25.7. The van der Waals surface area contributed by atoms with Crippen LogP contribution in [0.1, 0.15) is 39.7 Å². The van der Waals surface area contributed by atoms with Crippen molar-refractivity contribution in [3.8, 4) is 0 Å². The number of rotatable bonds is 6. The Morgan fingerprint density at radius 1 is 1.00 bits per heavy atom. The molecule has 3 aromatic rings. The zero-order valence-corrected chi connectivity index (χ0v) is 16.8. The van der Waals surface area contributed by atoms with Gasteiger partial charge in [0.1, 0.15) is 11.5 Å². The standard InChI is InChI=1S/C24H24N2O3/c1-4-18-8-5-7-17(3)22(18)26-24(28)21(15-20-9-6-14-29-20)25-23(27)19-12-10-16(2)11-13-19/h5-15H,4H2,1-3H3,(H,25,27)(H,26,28)/b21-15-. The summed E-state index contributed by atoms with van der Waals surface area (Å²) >= 11 is 0. The fraction of sp³-hybridized carbons (Fsp3) is 0.167. The average Bonchev–Trinajstić information content (AvgIpc) is 3.22. The van der Waals surface area contributed by atoms with E-state index in [0.29, 0.717) is 11.3 Å². The molecule has 29 heavy (non-hydrogen) atoms. The highest BCUT2D eigenvalue weighted by Gasteiger charge is 2.17. The van der Waals surface area contributed by atoms with E-state index in [2.05, 4.69) is 10.6 Å². The van der Waals surface area contributed by atoms with Crippen molar-refractivity contribution in [2.24, 2.45) is 0 Å². The molecule has 5 nitrogen and oxygen atoms in total. The molecule has 148 valence electrons. The second-order valence-corrected chi connectivity index (χ2v) is 6.81. The number of anilines is 1. The van der Waals surface area contributed by atoms with Crippen LogP contribution in [0.4, 0.5) is 5.69 Å². The summed E-state index contributed by atoms with van der Waals surface area (Å²) in [6.07, 6.45) is 3.81. The predicted molar refractivity (Wildman–Crippen MR) is 115 cm³/mol. The van der Waals surface area contributed by atoms with Gasteiger partial charge in [0.25, 0.3) is 11.8 Å². The molecule has 1 aromatic heterocycles. The first kappa shape index (κ1) is 20.1. The van der Waals surface area contributed by atoms with E-state index in [9.17, 15) is 9.59 Å². The van der Waals surface area contributed by atoms with Gasteiger partial charge in [-0.05, 0) is 55.7 Å². The van der Waals surface area contributed by atoms with Crippen molar-refractivity contribution >= 4 is 23.6 Å². The lowest BCUT2D eigenvalue weighted by Gasteiger charge is -2.15. The summed E-state index contributed by atoms with van der Waals surface area (Å²) in [5.41, 5.74) is 4.38. The van der Waals surface area contributed by atoms with Crippen molar-refractivity contribution in [1.82, 2.24) is 5.32 Å². The number of aryl methyl sites for hydroxylation is 3. The third-order valence-corrected chi connectivity index (χ3v) is 4.61. The summed E-state index contributed by atoms with van der Waals surface area (Å²) < 4.78 is 5.33. The van der Waals surface area contributed by atoms with Gasteiger partial charge in [-0.2, -0.15) is 0 Å². The minimum absolute atomic E-state index is 0.107. The third-order valence-electron chi connectivity index (χ3n) is 4.61. The molecule has 2 aromatic carbocycles. The van der Waals surface area contributed by atoms with E-state index in [1.807, 2.05) is 51.1 Å². The zero-order chi connectivity index (χ0) is 20.8. The third kappa shape index (κ3) is 5.02. The van der Waals surface area contributed by atoms with Crippen LogP contribution >= 0.6 is 0 Å². The van der Waals surface area contributed by atoms with Gasteiger partial charge < -0.3 is 15.1 Å². The van der Waals surface area contributed by atoms with Gasteiger partial charge in [0, 0.05) is 17.3 Å².